The largest absolute Gasteiger partial charge is 0.367 e. The van der Waals surface area contributed by atoms with Crippen LogP contribution in [0.15, 0.2) is 48.5 Å². The number of carbonyl (C=O) groups excluding carboxylic acids is 1. The van der Waals surface area contributed by atoms with Gasteiger partial charge in [-0.05, 0) is 49.0 Å². The lowest BCUT2D eigenvalue weighted by Gasteiger charge is -2.35. The smallest absolute Gasteiger partial charge is 0.248 e. The monoisotopic (exact) mass is 389 g/mol. The minimum absolute atomic E-state index is 0.197. The van der Waals surface area contributed by atoms with Gasteiger partial charge in [-0.15, -0.1) is 0 Å². The molecule has 1 N–H and O–H groups in total. The first-order chi connectivity index (χ1) is 12.5. The molecular formula is C20H21Cl2N3O. The van der Waals surface area contributed by atoms with Crippen LogP contribution in [-0.2, 0) is 4.79 Å². The van der Waals surface area contributed by atoms with Gasteiger partial charge in [-0.3, -0.25) is 4.79 Å². The van der Waals surface area contributed by atoms with Gasteiger partial charge in [-0.2, -0.15) is 0 Å². The SMILES string of the molecule is CN1CCN(c2ccc(Cl)cc2NC(=O)/C=C/c2ccc(Cl)cc2)CC1. The van der Waals surface area contributed by atoms with Crippen molar-refractivity contribution in [2.75, 3.05) is 43.4 Å². The van der Waals surface area contributed by atoms with Crippen LogP contribution in [0.3, 0.4) is 0 Å². The molecule has 0 aromatic heterocycles. The van der Waals surface area contributed by atoms with Crippen molar-refractivity contribution >= 4 is 46.6 Å². The average molecular weight is 390 g/mol. The third-order valence-electron chi connectivity index (χ3n) is 4.36. The van der Waals surface area contributed by atoms with Crippen molar-refractivity contribution in [3.63, 3.8) is 0 Å². The maximum absolute atomic E-state index is 12.4. The van der Waals surface area contributed by atoms with E-state index in [-0.39, 0.29) is 5.91 Å². The van der Waals surface area contributed by atoms with Gasteiger partial charge in [0.15, 0.2) is 0 Å². The zero-order chi connectivity index (χ0) is 18.5. The van der Waals surface area contributed by atoms with Gasteiger partial charge in [-0.25, -0.2) is 0 Å². The number of piperazine rings is 1. The number of nitrogens with zero attached hydrogens (tertiary/aromatic N) is 2. The van der Waals surface area contributed by atoms with Gasteiger partial charge in [0, 0.05) is 42.3 Å². The maximum atomic E-state index is 12.4. The highest BCUT2D eigenvalue weighted by Crippen LogP contribution is 2.30. The lowest BCUT2D eigenvalue weighted by molar-refractivity contribution is -0.111. The van der Waals surface area contributed by atoms with Crippen LogP contribution in [0.5, 0.6) is 0 Å². The van der Waals surface area contributed by atoms with Crippen molar-refractivity contribution in [2.45, 2.75) is 0 Å². The second-order valence-electron chi connectivity index (χ2n) is 6.33. The van der Waals surface area contributed by atoms with Crippen LogP contribution >= 0.6 is 23.2 Å². The predicted molar refractivity (Wildman–Crippen MR) is 110 cm³/mol. The number of nitrogens with one attached hydrogen (secondary N) is 1. The number of amides is 1. The van der Waals surface area contributed by atoms with E-state index in [2.05, 4.69) is 22.2 Å². The molecule has 0 spiro atoms. The maximum Gasteiger partial charge on any atom is 0.248 e. The van der Waals surface area contributed by atoms with Gasteiger partial charge < -0.3 is 15.1 Å². The van der Waals surface area contributed by atoms with E-state index in [1.54, 1.807) is 24.3 Å². The summed E-state index contributed by atoms with van der Waals surface area (Å²) >= 11 is 12.0. The van der Waals surface area contributed by atoms with Crippen LogP contribution < -0.4 is 10.2 Å². The van der Waals surface area contributed by atoms with Crippen molar-refractivity contribution in [2.24, 2.45) is 0 Å². The van der Waals surface area contributed by atoms with Crippen LogP contribution in [0.4, 0.5) is 11.4 Å². The number of rotatable bonds is 4. The molecule has 3 rings (SSSR count). The van der Waals surface area contributed by atoms with Gasteiger partial charge in [-0.1, -0.05) is 35.3 Å². The van der Waals surface area contributed by atoms with Crippen molar-refractivity contribution in [1.82, 2.24) is 4.90 Å². The van der Waals surface area contributed by atoms with Crippen LogP contribution in [-0.4, -0.2) is 44.0 Å². The minimum Gasteiger partial charge on any atom is -0.367 e. The van der Waals surface area contributed by atoms with E-state index in [0.29, 0.717) is 10.0 Å². The molecule has 1 aliphatic rings. The predicted octanol–water partition coefficient (Wildman–Crippen LogP) is 4.40. The van der Waals surface area contributed by atoms with E-state index in [0.717, 1.165) is 43.1 Å². The van der Waals surface area contributed by atoms with E-state index >= 15 is 0 Å². The third-order valence-corrected chi connectivity index (χ3v) is 4.84. The summed E-state index contributed by atoms with van der Waals surface area (Å²) in [6.45, 7) is 3.82. The molecule has 0 unspecified atom stereocenters. The van der Waals surface area contributed by atoms with E-state index < -0.39 is 0 Å². The minimum atomic E-state index is -0.197. The Bertz CT molecular complexity index is 797. The van der Waals surface area contributed by atoms with E-state index in [1.165, 1.54) is 6.08 Å². The standard InChI is InChI=1S/C20H21Cl2N3O/c1-24-10-12-25(13-11-24)19-8-7-17(22)14-18(19)23-20(26)9-4-15-2-5-16(21)6-3-15/h2-9,14H,10-13H2,1H3,(H,23,26)/b9-4+. The highest BCUT2D eigenvalue weighted by atomic mass is 35.5. The molecule has 0 aliphatic carbocycles. The van der Waals surface area contributed by atoms with E-state index in [4.69, 9.17) is 23.2 Å². The number of likely N-dealkylation sites (N-methyl/N-ethyl adjacent to an activating group) is 1. The fourth-order valence-electron chi connectivity index (χ4n) is 2.85. The first-order valence-corrected chi connectivity index (χ1v) is 9.24. The highest BCUT2D eigenvalue weighted by Gasteiger charge is 2.18. The van der Waals surface area contributed by atoms with Crippen LogP contribution in [0, 0.1) is 0 Å². The summed E-state index contributed by atoms with van der Waals surface area (Å²) in [7, 11) is 2.11. The third kappa shape index (κ3) is 5.01. The Balaban J connectivity index is 1.72. The molecule has 136 valence electrons. The van der Waals surface area contributed by atoms with Gasteiger partial charge in [0.1, 0.15) is 0 Å². The molecule has 26 heavy (non-hydrogen) atoms. The van der Waals surface area contributed by atoms with Crippen molar-refractivity contribution < 1.29 is 4.79 Å². The zero-order valence-corrected chi connectivity index (χ0v) is 16.1. The lowest BCUT2D eigenvalue weighted by Crippen LogP contribution is -2.44. The first-order valence-electron chi connectivity index (χ1n) is 8.49. The Morgan fingerprint density at radius 1 is 1.00 bits per heavy atom. The van der Waals surface area contributed by atoms with Crippen molar-refractivity contribution in [3.05, 3.63) is 64.1 Å². The summed E-state index contributed by atoms with van der Waals surface area (Å²) in [6, 6.07) is 12.9. The summed E-state index contributed by atoms with van der Waals surface area (Å²) in [4.78, 5) is 16.9. The second-order valence-corrected chi connectivity index (χ2v) is 7.20. The normalized spacial score (nSPS) is 15.4. The number of carbonyl (C=O) groups is 1. The fraction of sp³-hybridized carbons (Fsp3) is 0.250. The summed E-state index contributed by atoms with van der Waals surface area (Å²) in [5.41, 5.74) is 2.64. The Labute approximate surface area is 164 Å². The number of halogens is 2. The number of benzene rings is 2. The molecule has 1 aliphatic heterocycles. The number of hydrogen-bond donors (Lipinski definition) is 1. The van der Waals surface area contributed by atoms with Crippen LogP contribution in [0.1, 0.15) is 5.56 Å². The van der Waals surface area contributed by atoms with Crippen molar-refractivity contribution in [1.29, 1.82) is 0 Å². The second kappa shape index (κ2) is 8.58. The summed E-state index contributed by atoms with van der Waals surface area (Å²) < 4.78 is 0. The molecule has 2 aromatic rings. The molecule has 1 heterocycles. The molecule has 1 fully saturated rings. The Hall–Kier alpha value is -2.01. The Morgan fingerprint density at radius 2 is 1.65 bits per heavy atom. The number of hydrogen-bond acceptors (Lipinski definition) is 3. The molecule has 0 saturated carbocycles. The quantitative estimate of drug-likeness (QED) is 0.787. The lowest BCUT2D eigenvalue weighted by atomic mass is 10.2. The molecule has 0 bridgehead atoms. The molecule has 1 saturated heterocycles. The summed E-state index contributed by atoms with van der Waals surface area (Å²) in [6.07, 6.45) is 3.27. The summed E-state index contributed by atoms with van der Waals surface area (Å²) in [5, 5.41) is 4.22. The fourth-order valence-corrected chi connectivity index (χ4v) is 3.15. The molecule has 6 heteroatoms. The van der Waals surface area contributed by atoms with Crippen LogP contribution in [0.2, 0.25) is 10.0 Å². The molecule has 0 radical (unpaired) electrons. The van der Waals surface area contributed by atoms with Gasteiger partial charge in [0.05, 0.1) is 11.4 Å². The molecular weight excluding hydrogens is 369 g/mol. The van der Waals surface area contributed by atoms with E-state index in [9.17, 15) is 4.79 Å². The molecule has 4 nitrogen and oxygen atoms in total. The molecule has 2 aromatic carbocycles. The van der Waals surface area contributed by atoms with Gasteiger partial charge in [0.2, 0.25) is 5.91 Å². The average Bonchev–Trinajstić information content (AvgIpc) is 2.62. The van der Waals surface area contributed by atoms with Gasteiger partial charge >= 0.3 is 0 Å². The number of anilines is 2. The Kier molecular flexibility index (Phi) is 6.20. The topological polar surface area (TPSA) is 35.6 Å². The highest BCUT2D eigenvalue weighted by molar-refractivity contribution is 6.31. The molecule has 1 amide bonds. The van der Waals surface area contributed by atoms with Gasteiger partial charge in [0.25, 0.3) is 0 Å². The summed E-state index contributed by atoms with van der Waals surface area (Å²) in [5.74, 6) is -0.197. The zero-order valence-electron chi connectivity index (χ0n) is 14.6. The molecule has 0 atom stereocenters. The van der Waals surface area contributed by atoms with E-state index in [1.807, 2.05) is 24.3 Å². The van der Waals surface area contributed by atoms with Crippen LogP contribution in [0.25, 0.3) is 6.08 Å². The van der Waals surface area contributed by atoms with Crippen molar-refractivity contribution in [3.8, 4) is 0 Å². The Morgan fingerprint density at radius 3 is 2.35 bits per heavy atom. The first kappa shape index (κ1) is 18.8.